The zero-order valence-corrected chi connectivity index (χ0v) is 26.2. The monoisotopic (exact) mass is 638 g/mol. The van der Waals surface area contributed by atoms with Crippen LogP contribution in [0.3, 0.4) is 0 Å². The summed E-state index contributed by atoms with van der Waals surface area (Å²) in [5.74, 6) is 0.584. The van der Waals surface area contributed by atoms with Crippen molar-refractivity contribution in [1.29, 1.82) is 0 Å². The first-order chi connectivity index (χ1) is 22.5. The normalized spacial score (nSPS) is 12.0. The van der Waals surface area contributed by atoms with E-state index in [0.717, 1.165) is 0 Å². The van der Waals surface area contributed by atoms with Gasteiger partial charge in [0, 0.05) is 31.6 Å². The molecule has 0 atom stereocenters. The summed E-state index contributed by atoms with van der Waals surface area (Å²) in [5.41, 5.74) is 4.79. The van der Waals surface area contributed by atoms with Crippen molar-refractivity contribution < 1.29 is 42.9 Å². The van der Waals surface area contributed by atoms with Crippen LogP contribution in [0.5, 0.6) is 5.75 Å². The highest BCUT2D eigenvalue weighted by Gasteiger charge is 2.29. The molecule has 4 rings (SSSR count). The molecular formula is C34H42N2O10. The van der Waals surface area contributed by atoms with Gasteiger partial charge >= 0.3 is 6.09 Å². The molecule has 3 aromatic carbocycles. The molecule has 1 aliphatic carbocycles. The zero-order chi connectivity index (χ0) is 32.4. The molecule has 1 amide bonds. The number of amides is 1. The molecular weight excluding hydrogens is 596 g/mol. The van der Waals surface area contributed by atoms with E-state index in [1.54, 1.807) is 19.2 Å². The molecule has 248 valence electrons. The minimum absolute atomic E-state index is 0.0220. The summed E-state index contributed by atoms with van der Waals surface area (Å²) >= 11 is 0. The second-order valence-electron chi connectivity index (χ2n) is 10.4. The highest BCUT2D eigenvalue weighted by atomic mass is 16.6. The van der Waals surface area contributed by atoms with E-state index in [2.05, 4.69) is 24.3 Å². The number of rotatable bonds is 22. The van der Waals surface area contributed by atoms with Crippen LogP contribution < -0.4 is 4.74 Å². The van der Waals surface area contributed by atoms with E-state index in [1.807, 2.05) is 24.3 Å². The van der Waals surface area contributed by atoms with Crippen molar-refractivity contribution in [1.82, 2.24) is 4.90 Å². The maximum atomic E-state index is 12.6. The van der Waals surface area contributed by atoms with Crippen LogP contribution in [0.2, 0.25) is 0 Å². The number of carbonyl (C=O) groups excluding carboxylic acids is 1. The van der Waals surface area contributed by atoms with E-state index in [9.17, 15) is 14.9 Å². The topological polar surface area (TPSA) is 128 Å². The number of nitro benzene ring substituents is 1. The summed E-state index contributed by atoms with van der Waals surface area (Å²) in [6.07, 6.45) is -0.373. The molecule has 12 heteroatoms. The minimum atomic E-state index is -0.454. The Morgan fingerprint density at radius 1 is 0.674 bits per heavy atom. The van der Waals surface area contributed by atoms with E-state index >= 15 is 0 Å². The standard InChI is InChI=1S/C34H42N2O10/c1-35(34(37)46-26-33-31-8-4-2-6-29(31)30-7-3-5-9-32(30)33)14-15-40-16-17-41-18-19-42-20-21-43-22-23-44-24-25-45-28-12-10-27(11-13-28)36(38)39/h2-13,33H,14-26H2,1H3. The lowest BCUT2D eigenvalue weighted by molar-refractivity contribution is -0.384. The average molecular weight is 639 g/mol. The fourth-order valence-corrected chi connectivity index (χ4v) is 4.86. The Bertz CT molecular complexity index is 1310. The molecule has 0 radical (unpaired) electrons. The van der Waals surface area contributed by atoms with E-state index in [0.29, 0.717) is 91.6 Å². The molecule has 0 N–H and O–H groups in total. The Morgan fingerprint density at radius 3 is 1.63 bits per heavy atom. The summed E-state index contributed by atoms with van der Waals surface area (Å²) in [6, 6.07) is 22.4. The number of ether oxygens (including phenoxy) is 7. The quantitative estimate of drug-likeness (QED) is 0.0848. The van der Waals surface area contributed by atoms with Crippen molar-refractivity contribution in [2.45, 2.75) is 5.92 Å². The summed E-state index contributed by atoms with van der Waals surface area (Å²) < 4.78 is 38.6. The Morgan fingerprint density at radius 2 is 1.13 bits per heavy atom. The van der Waals surface area contributed by atoms with E-state index in [4.69, 9.17) is 33.2 Å². The highest BCUT2D eigenvalue weighted by molar-refractivity contribution is 5.79. The number of benzene rings is 3. The lowest BCUT2D eigenvalue weighted by atomic mass is 9.98. The van der Waals surface area contributed by atoms with Crippen LogP contribution in [0.1, 0.15) is 17.0 Å². The van der Waals surface area contributed by atoms with Gasteiger partial charge in [-0.05, 0) is 34.4 Å². The van der Waals surface area contributed by atoms with Gasteiger partial charge in [-0.2, -0.15) is 0 Å². The van der Waals surface area contributed by atoms with Gasteiger partial charge < -0.3 is 38.1 Å². The largest absolute Gasteiger partial charge is 0.491 e. The van der Waals surface area contributed by atoms with E-state index < -0.39 is 4.92 Å². The number of nitrogens with zero attached hydrogens (tertiary/aromatic N) is 2. The molecule has 46 heavy (non-hydrogen) atoms. The number of hydrogen-bond acceptors (Lipinski definition) is 10. The summed E-state index contributed by atoms with van der Waals surface area (Å²) in [5, 5.41) is 10.6. The number of likely N-dealkylation sites (N-methyl/N-ethyl adjacent to an activating group) is 1. The molecule has 0 saturated carbocycles. The van der Waals surface area contributed by atoms with Gasteiger partial charge in [0.25, 0.3) is 5.69 Å². The number of fused-ring (bicyclic) bond motifs is 3. The Balaban J connectivity index is 0.907. The molecule has 0 unspecified atom stereocenters. The smallest absolute Gasteiger partial charge is 0.409 e. The van der Waals surface area contributed by atoms with Crippen LogP contribution >= 0.6 is 0 Å². The van der Waals surface area contributed by atoms with Crippen LogP contribution in [0.15, 0.2) is 72.8 Å². The number of carbonyl (C=O) groups is 1. The third-order valence-electron chi connectivity index (χ3n) is 7.25. The molecule has 0 aromatic heterocycles. The molecule has 0 fully saturated rings. The van der Waals surface area contributed by atoms with Gasteiger partial charge in [0.15, 0.2) is 0 Å². The SMILES string of the molecule is CN(CCOCCOCCOCCOCCOCCOc1ccc([N+](=O)[O-])cc1)C(=O)OCC1c2ccccc2-c2ccccc21. The van der Waals surface area contributed by atoms with Crippen LogP contribution in [0.4, 0.5) is 10.5 Å². The maximum Gasteiger partial charge on any atom is 0.409 e. The summed E-state index contributed by atoms with van der Waals surface area (Å²) in [4.78, 5) is 24.3. The van der Waals surface area contributed by atoms with Crippen molar-refractivity contribution in [2.24, 2.45) is 0 Å². The van der Waals surface area contributed by atoms with Crippen LogP contribution in [0.25, 0.3) is 11.1 Å². The number of hydrogen-bond donors (Lipinski definition) is 0. The van der Waals surface area contributed by atoms with Gasteiger partial charge in [-0.1, -0.05) is 48.5 Å². The molecule has 0 saturated heterocycles. The first kappa shape index (κ1) is 34.8. The average Bonchev–Trinajstić information content (AvgIpc) is 3.40. The summed E-state index contributed by atoms with van der Waals surface area (Å²) in [7, 11) is 1.70. The first-order valence-corrected chi connectivity index (χ1v) is 15.4. The van der Waals surface area contributed by atoms with Crippen LogP contribution in [-0.2, 0) is 28.4 Å². The molecule has 0 heterocycles. The van der Waals surface area contributed by atoms with Crippen molar-refractivity contribution in [3.05, 3.63) is 94.0 Å². The Hall–Kier alpha value is -4.07. The third-order valence-corrected chi connectivity index (χ3v) is 7.25. The van der Waals surface area contributed by atoms with Gasteiger partial charge in [-0.15, -0.1) is 0 Å². The Kier molecular flexibility index (Phi) is 14.7. The molecule has 0 bridgehead atoms. The molecule has 1 aliphatic rings. The Labute approximate surface area is 269 Å². The van der Waals surface area contributed by atoms with Crippen molar-refractivity contribution >= 4 is 11.8 Å². The lowest BCUT2D eigenvalue weighted by Crippen LogP contribution is -2.32. The van der Waals surface area contributed by atoms with E-state index in [1.165, 1.54) is 39.3 Å². The van der Waals surface area contributed by atoms with E-state index in [-0.39, 0.29) is 17.7 Å². The second kappa shape index (κ2) is 19.4. The fourth-order valence-electron chi connectivity index (χ4n) is 4.86. The predicted molar refractivity (Wildman–Crippen MR) is 170 cm³/mol. The molecule has 3 aromatic rings. The third kappa shape index (κ3) is 11.1. The van der Waals surface area contributed by atoms with Crippen LogP contribution in [0, 0.1) is 10.1 Å². The maximum absolute atomic E-state index is 12.6. The molecule has 0 spiro atoms. The van der Waals surface area contributed by atoms with Gasteiger partial charge in [0.2, 0.25) is 0 Å². The van der Waals surface area contributed by atoms with Crippen LogP contribution in [-0.4, -0.2) is 109 Å². The highest BCUT2D eigenvalue weighted by Crippen LogP contribution is 2.44. The van der Waals surface area contributed by atoms with Gasteiger partial charge in [-0.25, -0.2) is 4.79 Å². The van der Waals surface area contributed by atoms with Crippen molar-refractivity contribution in [3.8, 4) is 16.9 Å². The van der Waals surface area contributed by atoms with Crippen molar-refractivity contribution in [3.63, 3.8) is 0 Å². The first-order valence-electron chi connectivity index (χ1n) is 15.4. The predicted octanol–water partition coefficient (Wildman–Crippen LogP) is 4.94. The summed E-state index contributed by atoms with van der Waals surface area (Å²) in [6.45, 7) is 5.31. The zero-order valence-electron chi connectivity index (χ0n) is 26.2. The van der Waals surface area contributed by atoms with Gasteiger partial charge in [0.1, 0.15) is 19.0 Å². The number of nitro groups is 1. The lowest BCUT2D eigenvalue weighted by Gasteiger charge is -2.19. The van der Waals surface area contributed by atoms with Gasteiger partial charge in [0.05, 0.1) is 71.0 Å². The fraction of sp³-hybridized carbons (Fsp3) is 0.441. The molecule has 12 nitrogen and oxygen atoms in total. The van der Waals surface area contributed by atoms with Crippen molar-refractivity contribution in [2.75, 3.05) is 92.9 Å². The molecule has 0 aliphatic heterocycles. The van der Waals surface area contributed by atoms with Gasteiger partial charge in [-0.3, -0.25) is 10.1 Å². The number of non-ortho nitro benzene ring substituents is 1. The minimum Gasteiger partial charge on any atom is -0.491 e. The second-order valence-corrected chi connectivity index (χ2v) is 10.4.